The van der Waals surface area contributed by atoms with E-state index in [1.165, 1.54) is 25.7 Å². The van der Waals surface area contributed by atoms with Crippen molar-refractivity contribution < 1.29 is 0 Å². The molecule has 1 unspecified atom stereocenters. The molecular weight excluding hydrogens is 394 g/mol. The Kier molecular flexibility index (Phi) is 4.68. The second-order valence-corrected chi connectivity index (χ2v) is 9.86. The number of nitrogens with one attached hydrogen (secondary N) is 4. The Hall–Kier alpha value is -2.45. The molecule has 2 aromatic heterocycles. The number of thiazole rings is 1. The quantitative estimate of drug-likeness (QED) is 0.474. The smallest absolute Gasteiger partial charge is 0.232 e. The van der Waals surface area contributed by atoms with Gasteiger partial charge in [0.25, 0.3) is 0 Å². The van der Waals surface area contributed by atoms with E-state index in [0.29, 0.717) is 18.0 Å². The maximum Gasteiger partial charge on any atom is 0.232 e. The third-order valence-corrected chi connectivity index (χ3v) is 7.67. The Balaban J connectivity index is 1.27. The summed E-state index contributed by atoms with van der Waals surface area (Å²) in [6.45, 7) is 2.02. The lowest BCUT2D eigenvalue weighted by Gasteiger charge is -2.24. The number of aromatic nitrogens is 3. The minimum absolute atomic E-state index is 0.408. The summed E-state index contributed by atoms with van der Waals surface area (Å²) in [6.07, 6.45) is 6.50. The standard InChI is InChI=1S/C22H27N7S/c1-2-4-18-16(3-1)26-22(30-18)29-21-27-19(24-15-7-8-23-12-15)11-20(28-21)25-17-10-13-5-6-14(17)9-13/h1-4,11,13-15,17,23H,5-10,12H2,(H3,24,25,26,27,28,29)/t13-,14+,15+,17?/m0/s1. The van der Waals surface area contributed by atoms with Gasteiger partial charge in [-0.3, -0.25) is 5.32 Å². The minimum atomic E-state index is 0.408. The number of benzene rings is 1. The van der Waals surface area contributed by atoms with Gasteiger partial charge in [-0.05, 0) is 56.2 Å². The molecule has 4 N–H and O–H groups in total. The maximum atomic E-state index is 4.80. The van der Waals surface area contributed by atoms with E-state index in [4.69, 9.17) is 9.97 Å². The van der Waals surface area contributed by atoms with E-state index in [1.54, 1.807) is 11.3 Å². The van der Waals surface area contributed by atoms with E-state index in [-0.39, 0.29) is 0 Å². The SMILES string of the molecule is c1ccc2sc(Nc3nc(NC4C[C@H]5CC[C@@H]4C5)cc(N[C@@H]4CCNC4)n3)nc2c1. The van der Waals surface area contributed by atoms with Crippen molar-refractivity contribution in [2.24, 2.45) is 11.8 Å². The van der Waals surface area contributed by atoms with Gasteiger partial charge in [-0.25, -0.2) is 4.98 Å². The number of hydrogen-bond acceptors (Lipinski definition) is 8. The van der Waals surface area contributed by atoms with Crippen LogP contribution in [0.4, 0.5) is 22.7 Å². The Morgan fingerprint density at radius 2 is 1.87 bits per heavy atom. The van der Waals surface area contributed by atoms with Gasteiger partial charge in [0.1, 0.15) is 11.6 Å². The predicted molar refractivity (Wildman–Crippen MR) is 123 cm³/mol. The lowest BCUT2D eigenvalue weighted by atomic mass is 9.95. The van der Waals surface area contributed by atoms with Gasteiger partial charge < -0.3 is 16.0 Å². The summed E-state index contributed by atoms with van der Waals surface area (Å²) in [7, 11) is 0. The first-order valence-electron chi connectivity index (χ1n) is 11.0. The molecule has 0 radical (unpaired) electrons. The fourth-order valence-electron chi connectivity index (χ4n) is 5.27. The van der Waals surface area contributed by atoms with Gasteiger partial charge >= 0.3 is 0 Å². The van der Waals surface area contributed by atoms with Gasteiger partial charge in [-0.15, -0.1) is 0 Å². The van der Waals surface area contributed by atoms with Crippen molar-refractivity contribution in [3.8, 4) is 0 Å². The molecule has 30 heavy (non-hydrogen) atoms. The molecule has 0 amide bonds. The third-order valence-electron chi connectivity index (χ3n) is 6.72. The van der Waals surface area contributed by atoms with Gasteiger partial charge in [-0.1, -0.05) is 29.9 Å². The van der Waals surface area contributed by atoms with Crippen LogP contribution in [0.25, 0.3) is 10.2 Å². The number of nitrogens with zero attached hydrogens (tertiary/aromatic N) is 3. The largest absolute Gasteiger partial charge is 0.367 e. The molecule has 7 nitrogen and oxygen atoms in total. The first-order valence-corrected chi connectivity index (χ1v) is 11.9. The molecular formula is C22H27N7S. The van der Waals surface area contributed by atoms with Crippen molar-refractivity contribution in [1.29, 1.82) is 0 Å². The van der Waals surface area contributed by atoms with Crippen LogP contribution in [0.5, 0.6) is 0 Å². The molecule has 3 aliphatic rings. The molecule has 2 bridgehead atoms. The highest BCUT2D eigenvalue weighted by atomic mass is 32.1. The number of hydrogen-bond donors (Lipinski definition) is 4. The molecule has 2 aliphatic carbocycles. The molecule has 1 aliphatic heterocycles. The summed E-state index contributed by atoms with van der Waals surface area (Å²) in [5.74, 6) is 4.06. The van der Waals surface area contributed by atoms with Gasteiger partial charge in [-0.2, -0.15) is 9.97 Å². The summed E-state index contributed by atoms with van der Waals surface area (Å²) < 4.78 is 1.16. The average molecular weight is 422 g/mol. The van der Waals surface area contributed by atoms with Crippen molar-refractivity contribution in [2.45, 2.75) is 44.2 Å². The molecule has 8 heteroatoms. The summed E-state index contributed by atoms with van der Waals surface area (Å²) in [5, 5.41) is 14.9. The number of fused-ring (bicyclic) bond motifs is 3. The first-order chi connectivity index (χ1) is 14.8. The Morgan fingerprint density at radius 1 is 0.967 bits per heavy atom. The molecule has 6 rings (SSSR count). The van der Waals surface area contributed by atoms with Gasteiger partial charge in [0.05, 0.1) is 10.2 Å². The fourth-order valence-corrected chi connectivity index (χ4v) is 6.13. The zero-order valence-corrected chi connectivity index (χ0v) is 17.7. The zero-order valence-electron chi connectivity index (χ0n) is 16.9. The molecule has 2 saturated carbocycles. The number of para-hydroxylation sites is 1. The van der Waals surface area contributed by atoms with Gasteiger partial charge in [0.2, 0.25) is 5.95 Å². The Bertz CT molecular complexity index is 1010. The average Bonchev–Trinajstić information content (AvgIpc) is 3.52. The molecule has 3 heterocycles. The van der Waals surface area contributed by atoms with Crippen molar-refractivity contribution in [2.75, 3.05) is 29.0 Å². The van der Waals surface area contributed by atoms with Crippen LogP contribution in [0.1, 0.15) is 32.1 Å². The summed E-state index contributed by atoms with van der Waals surface area (Å²) in [6, 6.07) is 11.2. The summed E-state index contributed by atoms with van der Waals surface area (Å²) in [5.41, 5.74) is 0.997. The van der Waals surface area contributed by atoms with E-state index in [9.17, 15) is 0 Å². The van der Waals surface area contributed by atoms with E-state index >= 15 is 0 Å². The molecule has 1 aromatic carbocycles. The van der Waals surface area contributed by atoms with Crippen LogP contribution in [-0.2, 0) is 0 Å². The van der Waals surface area contributed by atoms with E-state index in [0.717, 1.165) is 58.3 Å². The topological polar surface area (TPSA) is 86.8 Å². The van der Waals surface area contributed by atoms with Crippen LogP contribution < -0.4 is 21.3 Å². The highest BCUT2D eigenvalue weighted by Crippen LogP contribution is 2.45. The molecule has 3 fully saturated rings. The van der Waals surface area contributed by atoms with Crippen LogP contribution in [0.2, 0.25) is 0 Å². The van der Waals surface area contributed by atoms with E-state index in [2.05, 4.69) is 38.4 Å². The van der Waals surface area contributed by atoms with Crippen molar-refractivity contribution in [3.63, 3.8) is 0 Å². The van der Waals surface area contributed by atoms with Crippen molar-refractivity contribution in [1.82, 2.24) is 20.3 Å². The lowest BCUT2D eigenvalue weighted by Crippen LogP contribution is -2.27. The summed E-state index contributed by atoms with van der Waals surface area (Å²) in [4.78, 5) is 14.2. The highest BCUT2D eigenvalue weighted by molar-refractivity contribution is 7.22. The predicted octanol–water partition coefficient (Wildman–Crippen LogP) is 4.20. The summed E-state index contributed by atoms with van der Waals surface area (Å²) >= 11 is 1.63. The Morgan fingerprint density at radius 3 is 2.63 bits per heavy atom. The molecule has 0 spiro atoms. The molecule has 4 atom stereocenters. The second kappa shape index (κ2) is 7.67. The van der Waals surface area contributed by atoms with E-state index in [1.807, 2.05) is 18.2 Å². The maximum absolute atomic E-state index is 4.80. The monoisotopic (exact) mass is 421 g/mol. The van der Waals surface area contributed by atoms with Crippen molar-refractivity contribution >= 4 is 44.3 Å². The van der Waals surface area contributed by atoms with Crippen LogP contribution in [0.15, 0.2) is 30.3 Å². The Labute approximate surface area is 180 Å². The molecule has 1 saturated heterocycles. The van der Waals surface area contributed by atoms with Gasteiger partial charge in [0.15, 0.2) is 5.13 Å². The zero-order chi connectivity index (χ0) is 19.9. The van der Waals surface area contributed by atoms with Crippen LogP contribution in [0.3, 0.4) is 0 Å². The van der Waals surface area contributed by atoms with Crippen molar-refractivity contribution in [3.05, 3.63) is 30.3 Å². The van der Waals surface area contributed by atoms with Crippen LogP contribution in [-0.4, -0.2) is 40.1 Å². The normalized spacial score (nSPS) is 27.6. The first kappa shape index (κ1) is 18.3. The third kappa shape index (κ3) is 3.70. The number of rotatable bonds is 6. The molecule has 3 aromatic rings. The molecule has 156 valence electrons. The minimum Gasteiger partial charge on any atom is -0.367 e. The second-order valence-electron chi connectivity index (χ2n) is 8.83. The highest BCUT2D eigenvalue weighted by Gasteiger charge is 2.39. The van der Waals surface area contributed by atoms with Crippen LogP contribution in [0, 0.1) is 11.8 Å². The van der Waals surface area contributed by atoms with Gasteiger partial charge in [0, 0.05) is 24.7 Å². The fraction of sp³-hybridized carbons (Fsp3) is 0.500. The van der Waals surface area contributed by atoms with E-state index < -0.39 is 0 Å². The van der Waals surface area contributed by atoms with Crippen LogP contribution >= 0.6 is 11.3 Å². The number of anilines is 4. The lowest BCUT2D eigenvalue weighted by molar-refractivity contribution is 0.439.